The van der Waals surface area contributed by atoms with Gasteiger partial charge in [0.2, 0.25) is 0 Å². The summed E-state index contributed by atoms with van der Waals surface area (Å²) in [6.07, 6.45) is 2.15. The third kappa shape index (κ3) is 5.05. The number of H-pyrrole nitrogens is 4. The summed E-state index contributed by atoms with van der Waals surface area (Å²) in [6, 6.07) is 38.3. The van der Waals surface area contributed by atoms with Crippen LogP contribution in [0.15, 0.2) is 109 Å². The Bertz CT molecular complexity index is 2220. The van der Waals surface area contributed by atoms with Crippen molar-refractivity contribution in [3.05, 3.63) is 164 Å². The first-order valence-electron chi connectivity index (χ1n) is 14.3. The van der Waals surface area contributed by atoms with Gasteiger partial charge >= 0.3 is 0 Å². The van der Waals surface area contributed by atoms with Crippen LogP contribution in [-0.2, 0) is 0 Å². The van der Waals surface area contributed by atoms with Crippen molar-refractivity contribution in [1.82, 2.24) is 19.9 Å². The summed E-state index contributed by atoms with van der Waals surface area (Å²) in [5.41, 5.74) is 13.2. The molecule has 0 aliphatic carbocycles. The van der Waals surface area contributed by atoms with Gasteiger partial charge in [0.05, 0.1) is 16.6 Å². The van der Waals surface area contributed by atoms with E-state index in [1.165, 1.54) is 0 Å². The van der Waals surface area contributed by atoms with E-state index in [9.17, 15) is 0 Å². The third-order valence-electron chi connectivity index (χ3n) is 7.40. The first kappa shape index (κ1) is 25.8. The molecule has 0 spiro atoms. The van der Waals surface area contributed by atoms with Crippen molar-refractivity contribution in [1.29, 1.82) is 0 Å². The van der Waals surface area contributed by atoms with E-state index in [2.05, 4.69) is 166 Å². The Morgan fingerprint density at radius 2 is 1.07 bits per heavy atom. The molecule has 1 aliphatic heterocycles. The van der Waals surface area contributed by atoms with E-state index in [-0.39, 0.29) is 0 Å². The van der Waals surface area contributed by atoms with E-state index >= 15 is 0 Å². The zero-order valence-corrected chi connectivity index (χ0v) is 25.0. The number of aromatic nitrogens is 4. The van der Waals surface area contributed by atoms with E-state index in [0.29, 0.717) is 0 Å². The molecule has 6 aromatic rings. The van der Waals surface area contributed by atoms with Gasteiger partial charge in [-0.2, -0.15) is 0 Å². The van der Waals surface area contributed by atoms with Crippen molar-refractivity contribution >= 4 is 30.9 Å². The summed E-state index contributed by atoms with van der Waals surface area (Å²) in [5.74, 6) is 3.59. The van der Waals surface area contributed by atoms with E-state index in [1.807, 2.05) is 0 Å². The van der Waals surface area contributed by atoms with E-state index in [1.54, 1.807) is 0 Å². The van der Waals surface area contributed by atoms with Gasteiger partial charge in [-0.15, -0.1) is 5.54 Å². The fourth-order valence-electron chi connectivity index (χ4n) is 5.48. The lowest BCUT2D eigenvalue weighted by atomic mass is 10.0. The number of hydrogen-bond acceptors (Lipinski definition) is 0. The molecule has 4 N–H and O–H groups in total. The van der Waals surface area contributed by atoms with Crippen LogP contribution in [0.2, 0.25) is 19.6 Å². The van der Waals surface area contributed by atoms with Gasteiger partial charge in [-0.25, -0.2) is 0 Å². The molecule has 1 aliphatic rings. The van der Waals surface area contributed by atoms with Crippen molar-refractivity contribution < 1.29 is 0 Å². The number of hydrogen-bond donors (Lipinski definition) is 4. The molecule has 204 valence electrons. The van der Waals surface area contributed by atoms with Crippen molar-refractivity contribution in [3.63, 3.8) is 0 Å². The zero-order chi connectivity index (χ0) is 28.7. The Hall–Kier alpha value is -5.18. The number of rotatable bonds is 2. The van der Waals surface area contributed by atoms with Crippen LogP contribution in [-0.4, -0.2) is 28.0 Å². The molecule has 5 heteroatoms. The number of nitrogens with one attached hydrogen (secondary N) is 4. The SMILES string of the molecule is C[Si](C)(C)C#CC1=c2ccc([nH]2)=C(c2ccccc2)c2ccc([nH]2)C=c2ccc([nH]2)=C(c2ccccc2)c2ccc1[nH]2. The maximum atomic E-state index is 3.75. The fourth-order valence-corrected chi connectivity index (χ4v) is 5.98. The molecule has 0 saturated heterocycles. The predicted molar refractivity (Wildman–Crippen MR) is 175 cm³/mol. The highest BCUT2D eigenvalue weighted by Gasteiger charge is 2.15. The average molecular weight is 561 g/mol. The number of aromatic amines is 4. The third-order valence-corrected chi connectivity index (χ3v) is 8.28. The van der Waals surface area contributed by atoms with Crippen LogP contribution in [0.3, 0.4) is 0 Å². The van der Waals surface area contributed by atoms with Crippen LogP contribution in [0, 0.1) is 11.5 Å². The van der Waals surface area contributed by atoms with Gasteiger partial charge in [0.25, 0.3) is 0 Å². The minimum atomic E-state index is -1.64. The van der Waals surface area contributed by atoms with Crippen molar-refractivity contribution in [3.8, 4) is 11.5 Å². The molecule has 0 amide bonds. The maximum absolute atomic E-state index is 3.75. The molecule has 0 radical (unpaired) electrons. The zero-order valence-electron chi connectivity index (χ0n) is 24.0. The highest BCUT2D eigenvalue weighted by atomic mass is 28.3. The van der Waals surface area contributed by atoms with E-state index < -0.39 is 8.07 Å². The molecule has 0 unspecified atom stereocenters. The molecule has 0 atom stereocenters. The Morgan fingerprint density at radius 1 is 0.500 bits per heavy atom. The summed E-state index contributed by atoms with van der Waals surface area (Å²) in [6.45, 7) is 6.84. The van der Waals surface area contributed by atoms with Crippen LogP contribution in [0.5, 0.6) is 0 Å². The monoisotopic (exact) mass is 560 g/mol. The fraction of sp³-hybridized carbons (Fsp3) is 0.0811. The molecular weight excluding hydrogens is 529 g/mol. The maximum Gasteiger partial charge on any atom is 0.129 e. The molecule has 4 nitrogen and oxygen atoms in total. The molecule has 0 saturated carbocycles. The Morgan fingerprint density at radius 3 is 1.76 bits per heavy atom. The minimum Gasteiger partial charge on any atom is -0.355 e. The topological polar surface area (TPSA) is 63.2 Å². The average Bonchev–Trinajstić information content (AvgIpc) is 3.80. The number of fused-ring (bicyclic) bond motifs is 8. The van der Waals surface area contributed by atoms with Crippen LogP contribution in [0.4, 0.5) is 0 Å². The van der Waals surface area contributed by atoms with Crippen molar-refractivity contribution in [2.24, 2.45) is 0 Å². The summed E-state index contributed by atoms with van der Waals surface area (Å²) in [5, 5.41) is 4.11. The second-order valence-corrected chi connectivity index (χ2v) is 16.5. The van der Waals surface area contributed by atoms with Crippen LogP contribution in [0.1, 0.15) is 33.9 Å². The molecule has 0 fully saturated rings. The molecule has 42 heavy (non-hydrogen) atoms. The van der Waals surface area contributed by atoms with Crippen LogP contribution >= 0.6 is 0 Å². The van der Waals surface area contributed by atoms with E-state index in [4.69, 9.17) is 0 Å². The molecular formula is C37H32N4Si. The van der Waals surface area contributed by atoms with Gasteiger partial charge < -0.3 is 19.9 Å². The second-order valence-electron chi connectivity index (χ2n) is 11.7. The van der Waals surface area contributed by atoms with Gasteiger partial charge in [-0.05, 0) is 65.7 Å². The Balaban J connectivity index is 1.59. The Kier molecular flexibility index (Phi) is 6.34. The molecule has 7 rings (SSSR count). The smallest absolute Gasteiger partial charge is 0.129 e. The molecule has 8 bridgehead atoms. The standard InChI is InChI=1S/C37H32N4Si/c1-42(2,3)23-22-29-30-18-20-34(40-30)36(25-10-6-4-7-11-25)32-16-14-27(38-32)24-28-15-17-33(39-28)37(26-12-8-5-9-13-26)35-21-19-31(29)41-35/h4-21,24,38-41H,1-3H3. The largest absolute Gasteiger partial charge is 0.355 e. The Labute approximate surface area is 245 Å². The van der Waals surface area contributed by atoms with Crippen LogP contribution < -0.4 is 21.4 Å². The van der Waals surface area contributed by atoms with Gasteiger partial charge in [0.15, 0.2) is 0 Å². The quantitative estimate of drug-likeness (QED) is 0.175. The summed E-state index contributed by atoms with van der Waals surface area (Å²) in [7, 11) is -1.64. The summed E-state index contributed by atoms with van der Waals surface area (Å²) < 4.78 is 0. The number of benzene rings is 2. The summed E-state index contributed by atoms with van der Waals surface area (Å²) >= 11 is 0. The highest BCUT2D eigenvalue weighted by Crippen LogP contribution is 2.23. The minimum absolute atomic E-state index is 0.967. The first-order valence-corrected chi connectivity index (χ1v) is 17.8. The molecule has 4 aromatic heterocycles. The van der Waals surface area contributed by atoms with Gasteiger partial charge in [0, 0.05) is 44.3 Å². The molecule has 2 aromatic carbocycles. The van der Waals surface area contributed by atoms with Gasteiger partial charge in [0.1, 0.15) is 8.07 Å². The van der Waals surface area contributed by atoms with Crippen molar-refractivity contribution in [2.75, 3.05) is 0 Å². The van der Waals surface area contributed by atoms with Gasteiger partial charge in [-0.3, -0.25) is 0 Å². The highest BCUT2D eigenvalue weighted by molar-refractivity contribution is 6.84. The van der Waals surface area contributed by atoms with Gasteiger partial charge in [-0.1, -0.05) is 86.2 Å². The normalized spacial score (nSPS) is 13.0. The predicted octanol–water partition coefficient (Wildman–Crippen LogP) is 4.72. The summed E-state index contributed by atoms with van der Waals surface area (Å²) in [4.78, 5) is 14.8. The lowest BCUT2D eigenvalue weighted by Gasteiger charge is -2.07. The first-order chi connectivity index (χ1) is 20.4. The van der Waals surface area contributed by atoms with Crippen LogP contribution in [0.25, 0.3) is 22.8 Å². The second kappa shape index (κ2) is 10.3. The lowest BCUT2D eigenvalue weighted by Crippen LogP contribution is -2.19. The van der Waals surface area contributed by atoms with Crippen molar-refractivity contribution in [2.45, 2.75) is 19.6 Å². The molecule has 5 heterocycles. The van der Waals surface area contributed by atoms with E-state index in [0.717, 1.165) is 72.0 Å². The lowest BCUT2D eigenvalue weighted by molar-refractivity contribution is 1.20.